The Morgan fingerprint density at radius 2 is 1.73 bits per heavy atom. The van der Waals surface area contributed by atoms with E-state index >= 15 is 0 Å². The Labute approximate surface area is 137 Å². The molecule has 5 heteroatoms. The van der Waals surface area contributed by atoms with Gasteiger partial charge in [-0.25, -0.2) is 0 Å². The van der Waals surface area contributed by atoms with Crippen molar-refractivity contribution in [1.82, 2.24) is 10.2 Å². The van der Waals surface area contributed by atoms with Crippen molar-refractivity contribution in [3.8, 4) is 5.75 Å². The average Bonchev–Trinajstić information content (AvgIpc) is 2.76. The molecule has 1 heterocycles. The smallest absolute Gasteiger partial charge is 0.257 e. The summed E-state index contributed by atoms with van der Waals surface area (Å²) in [7, 11) is 0. The number of hydrogen-bond acceptors (Lipinski definition) is 3. The van der Waals surface area contributed by atoms with Gasteiger partial charge in [-0.1, -0.05) is 12.8 Å². The maximum Gasteiger partial charge on any atom is 0.257 e. The van der Waals surface area contributed by atoms with Gasteiger partial charge in [-0.15, -0.1) is 0 Å². The zero-order chi connectivity index (χ0) is 15.9. The van der Waals surface area contributed by atoms with Gasteiger partial charge in [0, 0.05) is 18.7 Å². The van der Waals surface area contributed by atoms with Gasteiger partial charge in [-0.05, 0) is 63.2 Å². The molecule has 0 saturated carbocycles. The van der Waals surface area contributed by atoms with Crippen LogP contribution in [-0.2, 0) is 0 Å². The van der Waals surface area contributed by atoms with Crippen molar-refractivity contribution >= 4 is 23.2 Å². The van der Waals surface area contributed by atoms with E-state index in [0.29, 0.717) is 10.7 Å². The summed E-state index contributed by atoms with van der Waals surface area (Å²) < 4.78 is 5.57. The van der Waals surface area contributed by atoms with E-state index in [1.165, 1.54) is 12.8 Å². The highest BCUT2D eigenvalue weighted by Gasteiger charge is 2.15. The van der Waals surface area contributed by atoms with E-state index < -0.39 is 0 Å². The number of thiocarbonyl (C=S) groups is 1. The van der Waals surface area contributed by atoms with Gasteiger partial charge in [0.15, 0.2) is 5.11 Å². The van der Waals surface area contributed by atoms with Gasteiger partial charge in [0.25, 0.3) is 5.91 Å². The lowest BCUT2D eigenvalue weighted by molar-refractivity contribution is 0.0973. The van der Waals surface area contributed by atoms with Crippen molar-refractivity contribution < 1.29 is 9.53 Å². The molecular weight excluding hydrogens is 296 g/mol. The summed E-state index contributed by atoms with van der Waals surface area (Å²) in [4.78, 5) is 14.3. The third-order valence-electron chi connectivity index (χ3n) is 3.60. The second-order valence-electron chi connectivity index (χ2n) is 5.85. The highest BCUT2D eigenvalue weighted by Crippen LogP contribution is 2.14. The number of nitrogens with one attached hydrogen (secondary N) is 1. The van der Waals surface area contributed by atoms with Crippen LogP contribution in [0.15, 0.2) is 24.3 Å². The molecule has 4 nitrogen and oxygen atoms in total. The minimum atomic E-state index is -0.162. The Kier molecular flexibility index (Phi) is 6.19. The molecule has 0 aliphatic carbocycles. The highest BCUT2D eigenvalue weighted by atomic mass is 32.1. The third kappa shape index (κ3) is 4.98. The van der Waals surface area contributed by atoms with Gasteiger partial charge in [0.1, 0.15) is 5.75 Å². The molecule has 1 fully saturated rings. The van der Waals surface area contributed by atoms with Gasteiger partial charge in [0.2, 0.25) is 0 Å². The average molecular weight is 320 g/mol. The van der Waals surface area contributed by atoms with Crippen LogP contribution in [0.4, 0.5) is 0 Å². The number of benzene rings is 1. The predicted octanol–water partition coefficient (Wildman–Crippen LogP) is 3.36. The van der Waals surface area contributed by atoms with Gasteiger partial charge in [0.05, 0.1) is 6.10 Å². The van der Waals surface area contributed by atoms with E-state index in [4.69, 9.17) is 17.0 Å². The molecule has 0 bridgehead atoms. The molecule has 1 aliphatic rings. The van der Waals surface area contributed by atoms with Crippen molar-refractivity contribution in [3.63, 3.8) is 0 Å². The zero-order valence-electron chi connectivity index (χ0n) is 13.3. The Balaban J connectivity index is 1.92. The number of hydrogen-bond donors (Lipinski definition) is 1. The van der Waals surface area contributed by atoms with E-state index in [0.717, 1.165) is 31.7 Å². The lowest BCUT2D eigenvalue weighted by Crippen LogP contribution is -2.43. The monoisotopic (exact) mass is 320 g/mol. The number of nitrogens with zero attached hydrogens (tertiary/aromatic N) is 1. The minimum absolute atomic E-state index is 0.121. The largest absolute Gasteiger partial charge is 0.491 e. The lowest BCUT2D eigenvalue weighted by atomic mass is 10.2. The molecule has 0 unspecified atom stereocenters. The van der Waals surface area contributed by atoms with Crippen molar-refractivity contribution in [2.24, 2.45) is 0 Å². The molecule has 0 atom stereocenters. The van der Waals surface area contributed by atoms with Crippen LogP contribution in [0.25, 0.3) is 0 Å². The van der Waals surface area contributed by atoms with Crippen molar-refractivity contribution in [3.05, 3.63) is 29.8 Å². The van der Waals surface area contributed by atoms with E-state index in [9.17, 15) is 4.79 Å². The second-order valence-corrected chi connectivity index (χ2v) is 6.24. The maximum atomic E-state index is 12.3. The molecule has 0 radical (unpaired) electrons. The predicted molar refractivity (Wildman–Crippen MR) is 92.3 cm³/mol. The standard InChI is InChI=1S/C17H24N2O2S/c1-13(2)21-15-9-7-14(8-10-15)16(20)18-17(22)19-11-5-3-4-6-12-19/h7-10,13H,3-6,11-12H2,1-2H3,(H,18,20,22). The zero-order valence-corrected chi connectivity index (χ0v) is 14.1. The molecular formula is C17H24N2O2S. The molecule has 1 aliphatic heterocycles. The molecule has 0 spiro atoms. The van der Waals surface area contributed by atoms with Gasteiger partial charge < -0.3 is 9.64 Å². The summed E-state index contributed by atoms with van der Waals surface area (Å²) in [5, 5.41) is 3.37. The van der Waals surface area contributed by atoms with E-state index in [1.807, 2.05) is 26.0 Å². The molecule has 1 aromatic carbocycles. The molecule has 120 valence electrons. The molecule has 0 aromatic heterocycles. The van der Waals surface area contributed by atoms with E-state index in [-0.39, 0.29) is 12.0 Å². The third-order valence-corrected chi connectivity index (χ3v) is 3.96. The number of likely N-dealkylation sites (tertiary alicyclic amines) is 1. The summed E-state index contributed by atoms with van der Waals surface area (Å²) >= 11 is 5.36. The fraction of sp³-hybridized carbons (Fsp3) is 0.529. The number of carbonyl (C=O) groups is 1. The fourth-order valence-corrected chi connectivity index (χ4v) is 2.75. The van der Waals surface area contributed by atoms with Gasteiger partial charge in [-0.2, -0.15) is 0 Å². The summed E-state index contributed by atoms with van der Waals surface area (Å²) in [6, 6.07) is 7.14. The number of rotatable bonds is 3. The Bertz CT molecular complexity index is 506. The van der Waals surface area contributed by atoms with Crippen LogP contribution in [0, 0.1) is 0 Å². The second kappa shape index (κ2) is 8.13. The molecule has 1 saturated heterocycles. The lowest BCUT2D eigenvalue weighted by Gasteiger charge is -2.23. The summed E-state index contributed by atoms with van der Waals surface area (Å²) in [5.74, 6) is 0.604. The van der Waals surface area contributed by atoms with Crippen LogP contribution in [0.3, 0.4) is 0 Å². The van der Waals surface area contributed by atoms with Crippen LogP contribution in [0.5, 0.6) is 5.75 Å². The first-order valence-electron chi connectivity index (χ1n) is 7.93. The number of amides is 1. The molecule has 2 rings (SSSR count). The fourth-order valence-electron chi connectivity index (χ4n) is 2.48. The van der Waals surface area contributed by atoms with Crippen LogP contribution in [0.1, 0.15) is 49.9 Å². The van der Waals surface area contributed by atoms with Crippen molar-refractivity contribution in [2.45, 2.75) is 45.6 Å². The summed E-state index contributed by atoms with van der Waals surface area (Å²) in [6.45, 7) is 5.81. The molecule has 1 amide bonds. The molecule has 1 N–H and O–H groups in total. The van der Waals surface area contributed by atoms with E-state index in [1.54, 1.807) is 12.1 Å². The number of carbonyl (C=O) groups excluding carboxylic acids is 1. The Hall–Kier alpha value is -1.62. The SMILES string of the molecule is CC(C)Oc1ccc(C(=O)NC(=S)N2CCCCCC2)cc1. The van der Waals surface area contributed by atoms with Gasteiger partial charge >= 0.3 is 0 Å². The first kappa shape index (κ1) is 16.7. The quantitative estimate of drug-likeness (QED) is 0.867. The Morgan fingerprint density at radius 3 is 2.27 bits per heavy atom. The minimum Gasteiger partial charge on any atom is -0.491 e. The molecule has 1 aromatic rings. The van der Waals surface area contributed by atoms with Crippen molar-refractivity contribution in [1.29, 1.82) is 0 Å². The Morgan fingerprint density at radius 1 is 1.14 bits per heavy atom. The highest BCUT2D eigenvalue weighted by molar-refractivity contribution is 7.80. The maximum absolute atomic E-state index is 12.3. The number of ether oxygens (including phenoxy) is 1. The van der Waals surface area contributed by atoms with Crippen LogP contribution in [0.2, 0.25) is 0 Å². The van der Waals surface area contributed by atoms with E-state index in [2.05, 4.69) is 10.2 Å². The first-order valence-corrected chi connectivity index (χ1v) is 8.34. The summed E-state index contributed by atoms with van der Waals surface area (Å²) in [5.41, 5.74) is 0.591. The van der Waals surface area contributed by atoms with Gasteiger partial charge in [-0.3, -0.25) is 10.1 Å². The summed E-state index contributed by atoms with van der Waals surface area (Å²) in [6.07, 6.45) is 4.87. The first-order chi connectivity index (χ1) is 10.6. The van der Waals surface area contributed by atoms with Crippen molar-refractivity contribution in [2.75, 3.05) is 13.1 Å². The normalized spacial score (nSPS) is 15.3. The van der Waals surface area contributed by atoms with Crippen LogP contribution >= 0.6 is 12.2 Å². The van der Waals surface area contributed by atoms with Crippen LogP contribution in [-0.4, -0.2) is 35.1 Å². The molecule has 22 heavy (non-hydrogen) atoms. The van der Waals surface area contributed by atoms with Crippen LogP contribution < -0.4 is 10.1 Å². The topological polar surface area (TPSA) is 41.6 Å².